The first kappa shape index (κ1) is 20.4. The third-order valence-corrected chi connectivity index (χ3v) is 5.83. The van der Waals surface area contributed by atoms with Crippen molar-refractivity contribution in [3.8, 4) is 0 Å². The van der Waals surface area contributed by atoms with Crippen LogP contribution in [0.5, 0.6) is 0 Å². The van der Waals surface area contributed by atoms with Crippen molar-refractivity contribution in [3.05, 3.63) is 64.6 Å². The highest BCUT2D eigenvalue weighted by atomic mass is 32.2. The number of rotatable bonds is 9. The Kier molecular flexibility index (Phi) is 6.31. The van der Waals surface area contributed by atoms with E-state index in [0.29, 0.717) is 35.8 Å². The molecule has 8 nitrogen and oxygen atoms in total. The number of aryl methyl sites for hydroxylation is 2. The van der Waals surface area contributed by atoms with Crippen LogP contribution in [-0.4, -0.2) is 28.3 Å². The van der Waals surface area contributed by atoms with Gasteiger partial charge in [0.1, 0.15) is 0 Å². The lowest BCUT2D eigenvalue weighted by molar-refractivity contribution is 0.541. The summed E-state index contributed by atoms with van der Waals surface area (Å²) >= 11 is -0.566. The number of hydrogen-bond donors (Lipinski definition) is 3. The molecule has 1 unspecified atom stereocenters. The molecular formula is C19H19FN6O2S2. The largest absolute Gasteiger partial charge is 0.364 e. The van der Waals surface area contributed by atoms with Gasteiger partial charge in [0.05, 0.1) is 12.0 Å². The molecular weight excluding hydrogens is 427 g/mol. The summed E-state index contributed by atoms with van der Waals surface area (Å²) in [6, 6.07) is 11.6. The predicted octanol–water partition coefficient (Wildman–Crippen LogP) is 3.82. The second-order valence-corrected chi connectivity index (χ2v) is 8.25. The minimum Gasteiger partial charge on any atom is -0.364 e. The summed E-state index contributed by atoms with van der Waals surface area (Å²) in [5, 5.41) is 4.94. The number of halogens is 1. The lowest BCUT2D eigenvalue weighted by Gasteiger charge is -2.07. The molecule has 4 rings (SSSR count). The summed E-state index contributed by atoms with van der Waals surface area (Å²) in [5.74, 6) is 0.367. The topological polar surface area (TPSA) is 105 Å². The third-order valence-electron chi connectivity index (χ3n) is 4.42. The maximum atomic E-state index is 14.0. The van der Waals surface area contributed by atoms with Gasteiger partial charge in [-0.25, -0.2) is 9.19 Å². The van der Waals surface area contributed by atoms with E-state index in [1.54, 1.807) is 11.7 Å². The van der Waals surface area contributed by atoms with Crippen LogP contribution in [0.2, 0.25) is 0 Å². The second kappa shape index (κ2) is 9.28. The summed E-state index contributed by atoms with van der Waals surface area (Å²) in [7, 11) is 0. The molecule has 4 aromatic rings. The van der Waals surface area contributed by atoms with Crippen LogP contribution in [-0.2, 0) is 30.8 Å². The third kappa shape index (κ3) is 4.99. The maximum absolute atomic E-state index is 14.0. The molecule has 1 aromatic carbocycles. The first-order valence-electron chi connectivity index (χ1n) is 9.19. The quantitative estimate of drug-likeness (QED) is 0.267. The van der Waals surface area contributed by atoms with Crippen molar-refractivity contribution in [2.45, 2.75) is 25.9 Å². The van der Waals surface area contributed by atoms with E-state index in [1.165, 1.54) is 11.3 Å². The molecule has 3 heterocycles. The van der Waals surface area contributed by atoms with Gasteiger partial charge in [0.25, 0.3) is 11.3 Å². The van der Waals surface area contributed by atoms with Gasteiger partial charge in [0.2, 0.25) is 0 Å². The highest BCUT2D eigenvalue weighted by molar-refractivity contribution is 7.80. The fourth-order valence-corrected chi connectivity index (χ4v) is 4.33. The first-order chi connectivity index (χ1) is 14.6. The minimum atomic E-state index is -2.08. The van der Waals surface area contributed by atoms with Gasteiger partial charge >= 0.3 is 6.08 Å². The van der Waals surface area contributed by atoms with Crippen LogP contribution in [0.3, 0.4) is 0 Å². The summed E-state index contributed by atoms with van der Waals surface area (Å²) in [6.07, 6.45) is 2.40. The Labute approximate surface area is 178 Å². The van der Waals surface area contributed by atoms with Gasteiger partial charge in [0, 0.05) is 23.3 Å². The Morgan fingerprint density at radius 2 is 2.07 bits per heavy atom. The lowest BCUT2D eigenvalue weighted by Crippen LogP contribution is -2.06. The summed E-state index contributed by atoms with van der Waals surface area (Å²) < 4.78 is 37.9. The Bertz CT molecular complexity index is 1160. The first-order valence-corrected chi connectivity index (χ1v) is 11.2. The highest BCUT2D eigenvalue weighted by Gasteiger charge is 2.13. The average molecular weight is 447 g/mol. The van der Waals surface area contributed by atoms with Crippen LogP contribution in [0.25, 0.3) is 11.2 Å². The molecule has 0 amide bonds. The van der Waals surface area contributed by atoms with E-state index in [9.17, 15) is 8.60 Å². The number of thiophene rings is 1. The van der Waals surface area contributed by atoms with Gasteiger partial charge in [-0.05, 0) is 24.5 Å². The normalized spacial score (nSPS) is 12.2. The molecule has 0 spiro atoms. The van der Waals surface area contributed by atoms with Crippen molar-refractivity contribution < 1.29 is 13.2 Å². The van der Waals surface area contributed by atoms with Crippen LogP contribution in [0.15, 0.2) is 48.1 Å². The highest BCUT2D eigenvalue weighted by Crippen LogP contribution is 2.23. The number of aromatic nitrogens is 4. The lowest BCUT2D eigenvalue weighted by atomic mass is 10.2. The number of nitrogens with one attached hydrogen (secondary N) is 2. The molecule has 1 atom stereocenters. The molecule has 0 saturated heterocycles. The van der Waals surface area contributed by atoms with E-state index in [-0.39, 0.29) is 0 Å². The molecule has 156 valence electrons. The number of imidazole rings is 1. The number of nitrogens with zero attached hydrogens (tertiary/aromatic N) is 4. The standard InChI is InChI=1S/C19H19FN6O2S2/c20-19-23-17(21-10-13-5-2-1-3-6-13)16-18(24-19)26(12-22-16)8-4-7-15-9-14(11-29-15)25-30(27)28/h1-3,5-6,9,11-12,25H,4,7-8,10H2,(H,27,28)(H,21,23,24). The monoisotopic (exact) mass is 446 g/mol. The fraction of sp³-hybridized carbons (Fsp3) is 0.211. The molecule has 11 heteroatoms. The zero-order valence-corrected chi connectivity index (χ0v) is 17.4. The van der Waals surface area contributed by atoms with E-state index in [0.717, 1.165) is 23.3 Å². The summed E-state index contributed by atoms with van der Waals surface area (Å²) in [6.45, 7) is 1.12. The van der Waals surface area contributed by atoms with Crippen molar-refractivity contribution in [1.82, 2.24) is 19.5 Å². The average Bonchev–Trinajstić information content (AvgIpc) is 3.33. The van der Waals surface area contributed by atoms with E-state index in [2.05, 4.69) is 25.0 Å². The fourth-order valence-electron chi connectivity index (χ4n) is 3.08. The Hall–Kier alpha value is -2.89. The maximum Gasteiger partial charge on any atom is 0.312 e. The van der Waals surface area contributed by atoms with Gasteiger partial charge in [0.15, 0.2) is 17.0 Å². The number of hydrogen-bond acceptors (Lipinski definition) is 6. The SMILES string of the molecule is O=S(O)Nc1csc(CCCn2cnc3c(NCc4ccccc4)nc(F)nc32)c1. The molecule has 30 heavy (non-hydrogen) atoms. The number of anilines is 2. The molecule has 0 radical (unpaired) electrons. The van der Waals surface area contributed by atoms with E-state index in [1.807, 2.05) is 41.0 Å². The molecule has 0 bridgehead atoms. The summed E-state index contributed by atoms with van der Waals surface area (Å²) in [4.78, 5) is 13.3. The van der Waals surface area contributed by atoms with Crippen LogP contribution in [0.1, 0.15) is 16.9 Å². The Morgan fingerprint density at radius 1 is 1.23 bits per heavy atom. The van der Waals surface area contributed by atoms with Crippen LogP contribution in [0.4, 0.5) is 15.9 Å². The van der Waals surface area contributed by atoms with Crippen LogP contribution >= 0.6 is 11.3 Å². The number of fused-ring (bicyclic) bond motifs is 1. The van der Waals surface area contributed by atoms with Crippen molar-refractivity contribution in [1.29, 1.82) is 0 Å². The van der Waals surface area contributed by atoms with Gasteiger partial charge in [-0.2, -0.15) is 14.4 Å². The van der Waals surface area contributed by atoms with Crippen molar-refractivity contribution >= 4 is 45.3 Å². The van der Waals surface area contributed by atoms with Gasteiger partial charge in [-0.3, -0.25) is 9.27 Å². The van der Waals surface area contributed by atoms with Crippen molar-refractivity contribution in [3.63, 3.8) is 0 Å². The van der Waals surface area contributed by atoms with E-state index >= 15 is 0 Å². The predicted molar refractivity (Wildman–Crippen MR) is 116 cm³/mol. The van der Waals surface area contributed by atoms with Crippen molar-refractivity contribution in [2.24, 2.45) is 0 Å². The molecule has 0 aliphatic rings. The number of benzene rings is 1. The summed E-state index contributed by atoms with van der Waals surface area (Å²) in [5.41, 5.74) is 2.65. The molecule has 0 aliphatic carbocycles. The van der Waals surface area contributed by atoms with Gasteiger partial charge in [-0.1, -0.05) is 30.3 Å². The van der Waals surface area contributed by atoms with E-state index in [4.69, 9.17) is 4.55 Å². The molecule has 0 aliphatic heterocycles. The Balaban J connectivity index is 1.43. The Morgan fingerprint density at radius 3 is 2.87 bits per heavy atom. The molecule has 3 N–H and O–H groups in total. The zero-order valence-electron chi connectivity index (χ0n) is 15.8. The van der Waals surface area contributed by atoms with Crippen molar-refractivity contribution in [2.75, 3.05) is 10.0 Å². The molecule has 0 fully saturated rings. The smallest absolute Gasteiger partial charge is 0.312 e. The van der Waals surface area contributed by atoms with E-state index < -0.39 is 17.3 Å². The molecule has 0 saturated carbocycles. The van der Waals surface area contributed by atoms with Gasteiger partial charge < -0.3 is 9.88 Å². The van der Waals surface area contributed by atoms with Crippen LogP contribution in [0, 0.1) is 6.08 Å². The van der Waals surface area contributed by atoms with Gasteiger partial charge in [-0.15, -0.1) is 11.3 Å². The van der Waals surface area contributed by atoms with Crippen LogP contribution < -0.4 is 10.0 Å². The minimum absolute atomic E-state index is 0.367. The zero-order chi connectivity index (χ0) is 20.9. The second-order valence-electron chi connectivity index (χ2n) is 6.55. The molecule has 3 aromatic heterocycles.